The van der Waals surface area contributed by atoms with Crippen LogP contribution in [0.15, 0.2) is 37.5 Å². The molecule has 0 aliphatic carbocycles. The van der Waals surface area contributed by atoms with Gasteiger partial charge in [0.2, 0.25) is 11.8 Å². The first-order chi connectivity index (χ1) is 46.0. The molecule has 0 radical (unpaired) electrons. The molecule has 0 spiro atoms. The number of ether oxygens (including phenoxy) is 7. The van der Waals surface area contributed by atoms with Gasteiger partial charge >= 0.3 is 66.9 Å². The van der Waals surface area contributed by atoms with Crippen molar-refractivity contribution in [2.24, 2.45) is 5.92 Å². The summed E-state index contributed by atoms with van der Waals surface area (Å²) in [7, 11) is -7.17. The largest absolute Gasteiger partial charge is 1.00 e. The predicted octanol–water partition coefficient (Wildman–Crippen LogP) is 10.1. The number of hydrogen-bond donors (Lipinski definition) is 2. The van der Waals surface area contributed by atoms with Gasteiger partial charge in [-0.15, -0.1) is 13.2 Å². The molecule has 0 aromatic carbocycles. The van der Waals surface area contributed by atoms with Gasteiger partial charge in [-0.1, -0.05) is 239 Å². The summed E-state index contributed by atoms with van der Waals surface area (Å²) in [5, 5.41) is 5.95. The molecule has 2 heterocycles. The molecule has 24 heteroatoms. The van der Waals surface area contributed by atoms with Crippen molar-refractivity contribution in [2.75, 3.05) is 53.9 Å². The molecule has 11 atom stereocenters. The zero-order chi connectivity index (χ0) is 69.6. The SMILES string of the molecule is C=CCOP(=O)(OCC=C)O[C@H]1[C@H](OCC[C@@H](CCCCCCC)OC)[C@@H](NC(=O)CCCCCCCCC/C=C\CCCCCC)[C@H](OC[C@H]2O[C@H](OP(=O)([O-])[O-])[C@H](NC(=O)CC(=O)CCCCCCCCCCC)[C@@H](OCCCCCCCCCC)[C@@H]2C)O[C@@H]1COC.[Na+].[Na+]. The Kier molecular flexibility index (Phi) is 62.9. The molecule has 0 bridgehead atoms. The fourth-order valence-electron chi connectivity index (χ4n) is 12.3. The van der Waals surface area contributed by atoms with Crippen LogP contribution in [-0.4, -0.2) is 133 Å². The van der Waals surface area contributed by atoms with Crippen LogP contribution in [0, 0.1) is 5.92 Å². The van der Waals surface area contributed by atoms with E-state index in [0.717, 1.165) is 148 Å². The Hall–Kier alpha value is -0.230. The minimum absolute atomic E-state index is 0. The number of Topliss-reactive ketones (excluding diaryl/α,β-unsaturated/α-hetero) is 1. The second kappa shape index (κ2) is 63.1. The quantitative estimate of drug-likeness (QED) is 0.0189. The summed E-state index contributed by atoms with van der Waals surface area (Å²) < 4.78 is 95.4. The molecule has 2 saturated heterocycles. The van der Waals surface area contributed by atoms with Crippen molar-refractivity contribution in [1.82, 2.24) is 10.6 Å². The third kappa shape index (κ3) is 47.1. The van der Waals surface area contributed by atoms with Crippen LogP contribution in [0.2, 0.25) is 0 Å². The van der Waals surface area contributed by atoms with Gasteiger partial charge in [-0.25, -0.2) is 4.57 Å². The molecule has 0 aromatic heterocycles. The summed E-state index contributed by atoms with van der Waals surface area (Å²) in [5.74, 6) is -1.99. The van der Waals surface area contributed by atoms with E-state index in [2.05, 4.69) is 63.6 Å². The number of carbonyl (C=O) groups is 3. The first kappa shape index (κ1) is 96.8. The summed E-state index contributed by atoms with van der Waals surface area (Å²) in [6.45, 7) is 17.4. The fourth-order valence-corrected chi connectivity index (χ4v) is 14.1. The van der Waals surface area contributed by atoms with E-state index in [0.29, 0.717) is 25.7 Å². The van der Waals surface area contributed by atoms with Gasteiger partial charge in [0.05, 0.1) is 59.0 Å². The number of methoxy groups -OCH3 is 2. The molecule has 97 heavy (non-hydrogen) atoms. The van der Waals surface area contributed by atoms with Gasteiger partial charge in [-0.2, -0.15) is 0 Å². The average molecular weight is 1440 g/mol. The van der Waals surface area contributed by atoms with Crippen LogP contribution < -0.4 is 79.5 Å². The van der Waals surface area contributed by atoms with Crippen LogP contribution in [0.5, 0.6) is 0 Å². The van der Waals surface area contributed by atoms with Crippen molar-refractivity contribution in [2.45, 2.75) is 353 Å². The minimum Gasteiger partial charge on any atom is -0.790 e. The second-order valence-corrected chi connectivity index (χ2v) is 29.0. The maximum atomic E-state index is 14.6. The van der Waals surface area contributed by atoms with Gasteiger partial charge in [-0.3, -0.25) is 28.0 Å². The smallest absolute Gasteiger partial charge is 0.790 e. The zero-order valence-corrected chi connectivity index (χ0v) is 68.1. The van der Waals surface area contributed by atoms with Gasteiger partial charge in [0, 0.05) is 46.2 Å². The molecule has 2 aliphatic heterocycles. The van der Waals surface area contributed by atoms with Gasteiger partial charge in [-0.05, 0) is 57.8 Å². The van der Waals surface area contributed by atoms with Crippen molar-refractivity contribution >= 4 is 33.2 Å². The van der Waals surface area contributed by atoms with Crippen LogP contribution in [0.3, 0.4) is 0 Å². The Morgan fingerprint density at radius 2 is 0.959 bits per heavy atom. The van der Waals surface area contributed by atoms with Crippen molar-refractivity contribution in [1.29, 1.82) is 0 Å². The Bertz CT molecular complexity index is 2070. The number of allylic oxidation sites excluding steroid dienone is 2. The Morgan fingerprint density at radius 3 is 1.47 bits per heavy atom. The molecular formula is C73H134N2Na2O18P2. The summed E-state index contributed by atoms with van der Waals surface area (Å²) >= 11 is 0. The monoisotopic (exact) mass is 1430 g/mol. The number of phosphoric acid groups is 2. The number of rotatable bonds is 65. The van der Waals surface area contributed by atoms with Crippen LogP contribution in [0.4, 0.5) is 0 Å². The molecule has 0 saturated carbocycles. The number of unbranched alkanes of at least 4 members (excludes halogenated alkanes) is 30. The summed E-state index contributed by atoms with van der Waals surface area (Å²) in [5.41, 5.74) is 0. The first-order valence-corrected chi connectivity index (χ1v) is 40.4. The maximum Gasteiger partial charge on any atom is 1.00 e. The normalized spacial score (nSPS) is 21.6. The molecule has 2 aliphatic rings. The van der Waals surface area contributed by atoms with Crippen molar-refractivity contribution in [3.8, 4) is 0 Å². The average Bonchev–Trinajstić information content (AvgIpc) is 0.798. The third-order valence-electron chi connectivity index (χ3n) is 17.9. The topological polar surface area (TPSA) is 257 Å². The van der Waals surface area contributed by atoms with Crippen LogP contribution >= 0.6 is 15.6 Å². The second-order valence-electron chi connectivity index (χ2n) is 26.3. The van der Waals surface area contributed by atoms with E-state index in [4.69, 9.17) is 51.3 Å². The number of carbonyl (C=O) groups excluding carboxylic acids is 3. The molecule has 2 fully saturated rings. The Balaban J connectivity index is 0.0000461. The van der Waals surface area contributed by atoms with E-state index in [1.807, 2.05) is 0 Å². The molecule has 2 rings (SSSR count). The fraction of sp³-hybridized carbons (Fsp3) is 0.877. The number of hydrogen-bond acceptors (Lipinski definition) is 18. The summed E-state index contributed by atoms with van der Waals surface area (Å²) in [6, 6.07) is -2.53. The van der Waals surface area contributed by atoms with E-state index in [1.165, 1.54) is 83.5 Å². The third-order valence-corrected chi connectivity index (χ3v) is 19.8. The number of nitrogens with one attached hydrogen (secondary N) is 2. The van der Waals surface area contributed by atoms with Crippen LogP contribution in [0.1, 0.15) is 291 Å². The molecule has 20 nitrogen and oxygen atoms in total. The minimum atomic E-state index is -5.82. The van der Waals surface area contributed by atoms with Gasteiger partial charge in [0.1, 0.15) is 36.2 Å². The standard InChI is InChI=1S/C73H136N2O18P2.2Na/c1-10-16-20-24-27-30-31-32-33-34-35-37-39-43-47-51-65(77)74-68-71(86-56-52-62(84-9)50-46-41-23-19-13-4)70(92-95(82,88-53-14-5)89-54-15-6)64(58-83-8)91-72(68)87-59-63-60(7)69(85-55-48-44-40-29-26-22-18-12-3)67(73(90-63)93-94(79,80)81)75-66(78)57-61(76)49-45-42-38-36-28-25-21-17-11-2;;/h14-15,30-31,60,62-64,67-73H,5-6,10-13,16-29,32-59H2,1-4,7-9H3,(H,74,77)(H,75,78)(H2,79,80,81);;/q;2*+1/p-2/b31-30-;;/t60-,62-,63-,64-,67-,68-,69+,70-,71-,72-,73-;;/m1../s1. The van der Waals surface area contributed by atoms with Crippen LogP contribution in [0.25, 0.3) is 0 Å². The van der Waals surface area contributed by atoms with Crippen molar-refractivity contribution in [3.63, 3.8) is 0 Å². The van der Waals surface area contributed by atoms with Gasteiger partial charge < -0.3 is 62.7 Å². The number of ketones is 1. The van der Waals surface area contributed by atoms with E-state index >= 15 is 0 Å². The predicted molar refractivity (Wildman–Crippen MR) is 373 cm³/mol. The Morgan fingerprint density at radius 1 is 0.505 bits per heavy atom. The molecule has 2 amide bonds. The van der Waals surface area contributed by atoms with Crippen molar-refractivity contribution < 1.29 is 144 Å². The van der Waals surface area contributed by atoms with E-state index in [1.54, 1.807) is 14.0 Å². The molecule has 0 aromatic rings. The maximum absolute atomic E-state index is 14.6. The number of amides is 2. The van der Waals surface area contributed by atoms with Crippen molar-refractivity contribution in [3.05, 3.63) is 37.5 Å². The molecular weight excluding hydrogens is 1300 g/mol. The molecule has 556 valence electrons. The summed E-state index contributed by atoms with van der Waals surface area (Å²) in [6.07, 6.45) is 36.8. The van der Waals surface area contributed by atoms with Gasteiger partial charge in [0.25, 0.3) is 0 Å². The molecule has 0 unspecified atom stereocenters. The van der Waals surface area contributed by atoms with E-state index in [-0.39, 0.29) is 129 Å². The first-order valence-electron chi connectivity index (χ1n) is 37.5. The number of phosphoric ester groups is 2. The van der Waals surface area contributed by atoms with E-state index < -0.39 is 89.1 Å². The molecule has 2 N–H and O–H groups in total. The van der Waals surface area contributed by atoms with Gasteiger partial charge in [0.15, 0.2) is 12.6 Å². The summed E-state index contributed by atoms with van der Waals surface area (Å²) in [4.78, 5) is 66.9. The van der Waals surface area contributed by atoms with E-state index in [9.17, 15) is 33.3 Å². The zero-order valence-electron chi connectivity index (χ0n) is 62.3. The Labute approximate surface area is 632 Å². The van der Waals surface area contributed by atoms with Crippen LogP contribution in [-0.2, 0) is 74.8 Å².